The molecular formula is C20H33Cl2N3O2. The van der Waals surface area contributed by atoms with Gasteiger partial charge in [-0.05, 0) is 37.9 Å². The first-order valence-corrected chi connectivity index (χ1v) is 9.67. The molecule has 3 rings (SSSR count). The Hall–Kier alpha value is -0.850. The number of rotatable bonds is 6. The van der Waals surface area contributed by atoms with Gasteiger partial charge in [0.05, 0.1) is 6.61 Å². The van der Waals surface area contributed by atoms with Gasteiger partial charge in [0.1, 0.15) is 6.10 Å². The van der Waals surface area contributed by atoms with Crippen LogP contribution in [0.4, 0.5) is 0 Å². The second kappa shape index (κ2) is 12.6. The van der Waals surface area contributed by atoms with Crippen molar-refractivity contribution >= 4 is 30.7 Å². The molecule has 5 nitrogen and oxygen atoms in total. The molecule has 27 heavy (non-hydrogen) atoms. The maximum atomic E-state index is 13.1. The van der Waals surface area contributed by atoms with Crippen LogP contribution >= 0.6 is 24.8 Å². The fourth-order valence-corrected chi connectivity index (χ4v) is 3.85. The highest BCUT2D eigenvalue weighted by atomic mass is 35.5. The lowest BCUT2D eigenvalue weighted by molar-refractivity contribution is -0.152. The summed E-state index contributed by atoms with van der Waals surface area (Å²) in [5.41, 5.74) is 1.29. The van der Waals surface area contributed by atoms with E-state index >= 15 is 0 Å². The molecule has 0 spiro atoms. The number of nitrogens with one attached hydrogen (secondary N) is 1. The third-order valence-electron chi connectivity index (χ3n) is 5.17. The first-order chi connectivity index (χ1) is 12.3. The van der Waals surface area contributed by atoms with Crippen LogP contribution in [-0.2, 0) is 16.1 Å². The number of carbonyl (C=O) groups is 1. The second-order valence-corrected chi connectivity index (χ2v) is 7.09. The SMILES string of the molecule is CCCN(C(=O)C1CN(Cc2ccccc2)CCO1)C1CCNCC1.Cl.Cl. The van der Waals surface area contributed by atoms with E-state index in [0.29, 0.717) is 19.2 Å². The smallest absolute Gasteiger partial charge is 0.253 e. The van der Waals surface area contributed by atoms with Gasteiger partial charge in [-0.25, -0.2) is 0 Å². The van der Waals surface area contributed by atoms with Crippen molar-refractivity contribution in [2.24, 2.45) is 0 Å². The van der Waals surface area contributed by atoms with Gasteiger partial charge in [-0.1, -0.05) is 37.3 Å². The minimum absolute atomic E-state index is 0. The molecule has 0 radical (unpaired) electrons. The van der Waals surface area contributed by atoms with Crippen molar-refractivity contribution in [1.29, 1.82) is 0 Å². The number of hydrogen-bond donors (Lipinski definition) is 1. The minimum atomic E-state index is -0.320. The maximum absolute atomic E-state index is 13.1. The van der Waals surface area contributed by atoms with E-state index < -0.39 is 0 Å². The highest BCUT2D eigenvalue weighted by molar-refractivity contribution is 5.85. The molecule has 1 aromatic carbocycles. The Bertz CT molecular complexity index is 541. The van der Waals surface area contributed by atoms with E-state index in [1.807, 2.05) is 6.07 Å². The molecule has 1 unspecified atom stereocenters. The molecule has 154 valence electrons. The van der Waals surface area contributed by atoms with E-state index in [0.717, 1.165) is 52.0 Å². The lowest BCUT2D eigenvalue weighted by Gasteiger charge is -2.39. The topological polar surface area (TPSA) is 44.8 Å². The van der Waals surface area contributed by atoms with Crippen molar-refractivity contribution < 1.29 is 9.53 Å². The molecule has 7 heteroatoms. The summed E-state index contributed by atoms with van der Waals surface area (Å²) >= 11 is 0. The van der Waals surface area contributed by atoms with Crippen LogP contribution in [0.15, 0.2) is 30.3 Å². The van der Waals surface area contributed by atoms with Crippen LogP contribution in [0.2, 0.25) is 0 Å². The highest BCUT2D eigenvalue weighted by Crippen LogP contribution is 2.18. The number of amides is 1. The van der Waals surface area contributed by atoms with Gasteiger partial charge >= 0.3 is 0 Å². The molecule has 2 aliphatic heterocycles. The summed E-state index contributed by atoms with van der Waals surface area (Å²) in [6, 6.07) is 10.8. The molecule has 0 aromatic heterocycles. The summed E-state index contributed by atoms with van der Waals surface area (Å²) in [5.74, 6) is 0.187. The molecule has 0 bridgehead atoms. The van der Waals surface area contributed by atoms with Gasteiger partial charge in [-0.3, -0.25) is 9.69 Å². The first-order valence-electron chi connectivity index (χ1n) is 9.67. The van der Waals surface area contributed by atoms with Crippen molar-refractivity contribution in [3.63, 3.8) is 0 Å². The van der Waals surface area contributed by atoms with E-state index in [1.54, 1.807) is 0 Å². The molecule has 2 aliphatic rings. The van der Waals surface area contributed by atoms with Crippen LogP contribution in [0.1, 0.15) is 31.7 Å². The summed E-state index contributed by atoms with van der Waals surface area (Å²) in [6.07, 6.45) is 2.77. The van der Waals surface area contributed by atoms with Gasteiger partial charge in [0, 0.05) is 32.2 Å². The van der Waals surface area contributed by atoms with Gasteiger partial charge in [0.25, 0.3) is 5.91 Å². The van der Waals surface area contributed by atoms with E-state index in [9.17, 15) is 4.79 Å². The lowest BCUT2D eigenvalue weighted by Crippen LogP contribution is -2.55. The maximum Gasteiger partial charge on any atom is 0.253 e. The molecule has 1 atom stereocenters. The fraction of sp³-hybridized carbons (Fsp3) is 0.650. The molecule has 1 aromatic rings. The molecule has 1 amide bonds. The Kier molecular flexibility index (Phi) is 11.3. The van der Waals surface area contributed by atoms with Crippen LogP contribution in [0.3, 0.4) is 0 Å². The third kappa shape index (κ3) is 6.91. The van der Waals surface area contributed by atoms with Crippen LogP contribution in [0.25, 0.3) is 0 Å². The van der Waals surface area contributed by atoms with Gasteiger partial charge < -0.3 is 15.0 Å². The van der Waals surface area contributed by atoms with E-state index in [1.165, 1.54) is 5.56 Å². The standard InChI is InChI=1S/C20H31N3O2.2ClH/c1-2-12-23(18-8-10-21-11-9-18)20(24)19-16-22(13-14-25-19)15-17-6-4-3-5-7-17;;/h3-7,18-19,21H,2,8-16H2,1H3;2*1H. The van der Waals surface area contributed by atoms with Crippen LogP contribution in [-0.4, -0.2) is 67.2 Å². The lowest BCUT2D eigenvalue weighted by atomic mass is 10.0. The van der Waals surface area contributed by atoms with Crippen molar-refractivity contribution in [2.45, 2.75) is 44.9 Å². The average Bonchev–Trinajstić information content (AvgIpc) is 2.67. The number of carbonyl (C=O) groups excluding carboxylic acids is 1. The van der Waals surface area contributed by atoms with Gasteiger partial charge in [0.2, 0.25) is 0 Å². The number of nitrogens with zero attached hydrogens (tertiary/aromatic N) is 2. The summed E-state index contributed by atoms with van der Waals surface area (Å²) in [7, 11) is 0. The molecule has 2 saturated heterocycles. The predicted octanol–water partition coefficient (Wildman–Crippen LogP) is 2.72. The molecule has 1 N–H and O–H groups in total. The van der Waals surface area contributed by atoms with Crippen molar-refractivity contribution in [2.75, 3.05) is 39.3 Å². The van der Waals surface area contributed by atoms with E-state index in [-0.39, 0.29) is 36.8 Å². The number of halogens is 2. The Balaban J connectivity index is 0.00000182. The largest absolute Gasteiger partial charge is 0.366 e. The predicted molar refractivity (Wildman–Crippen MR) is 114 cm³/mol. The molecule has 0 saturated carbocycles. The van der Waals surface area contributed by atoms with Crippen LogP contribution < -0.4 is 5.32 Å². The monoisotopic (exact) mass is 417 g/mol. The highest BCUT2D eigenvalue weighted by Gasteiger charge is 2.33. The molecule has 2 fully saturated rings. The van der Waals surface area contributed by atoms with Gasteiger partial charge in [-0.2, -0.15) is 0 Å². The number of benzene rings is 1. The zero-order valence-corrected chi connectivity index (χ0v) is 17.8. The second-order valence-electron chi connectivity index (χ2n) is 7.09. The van der Waals surface area contributed by atoms with Crippen molar-refractivity contribution in [1.82, 2.24) is 15.1 Å². The normalized spacial score (nSPS) is 21.0. The quantitative estimate of drug-likeness (QED) is 0.772. The van der Waals surface area contributed by atoms with Gasteiger partial charge in [-0.15, -0.1) is 24.8 Å². The first kappa shape index (κ1) is 24.2. The van der Waals surface area contributed by atoms with E-state index in [4.69, 9.17) is 4.74 Å². The Morgan fingerprint density at radius 2 is 1.93 bits per heavy atom. The minimum Gasteiger partial charge on any atom is -0.366 e. The van der Waals surface area contributed by atoms with Crippen LogP contribution in [0.5, 0.6) is 0 Å². The van der Waals surface area contributed by atoms with Crippen molar-refractivity contribution in [3.8, 4) is 0 Å². The van der Waals surface area contributed by atoms with Crippen molar-refractivity contribution in [3.05, 3.63) is 35.9 Å². The fourth-order valence-electron chi connectivity index (χ4n) is 3.85. The number of morpholine rings is 1. The number of ether oxygens (including phenoxy) is 1. The van der Waals surface area contributed by atoms with Crippen LogP contribution in [0, 0.1) is 0 Å². The summed E-state index contributed by atoms with van der Waals surface area (Å²) < 4.78 is 5.88. The zero-order chi connectivity index (χ0) is 17.5. The number of piperidine rings is 1. The average molecular weight is 418 g/mol. The summed E-state index contributed by atoms with van der Waals surface area (Å²) in [6.45, 7) is 8.09. The molecule has 2 heterocycles. The Morgan fingerprint density at radius 3 is 2.59 bits per heavy atom. The molecule has 0 aliphatic carbocycles. The number of hydrogen-bond acceptors (Lipinski definition) is 4. The summed E-state index contributed by atoms with van der Waals surface area (Å²) in [5, 5.41) is 3.39. The summed E-state index contributed by atoms with van der Waals surface area (Å²) in [4.78, 5) is 17.6. The molecular weight excluding hydrogens is 385 g/mol. The zero-order valence-electron chi connectivity index (χ0n) is 16.1. The van der Waals surface area contributed by atoms with E-state index in [2.05, 4.69) is 46.3 Å². The van der Waals surface area contributed by atoms with Gasteiger partial charge in [0.15, 0.2) is 0 Å². The Labute approximate surface area is 175 Å². The third-order valence-corrected chi connectivity index (χ3v) is 5.17. The Morgan fingerprint density at radius 1 is 1.22 bits per heavy atom.